The van der Waals surface area contributed by atoms with E-state index in [1.165, 1.54) is 0 Å². The fourth-order valence-electron chi connectivity index (χ4n) is 1.74. The van der Waals surface area contributed by atoms with E-state index in [0.717, 1.165) is 25.8 Å². The van der Waals surface area contributed by atoms with Crippen molar-refractivity contribution in [2.45, 2.75) is 45.2 Å². The van der Waals surface area contributed by atoms with Gasteiger partial charge in [-0.05, 0) is 12.8 Å². The minimum Gasteiger partial charge on any atom is -0.394 e. The number of nitrogens with one attached hydrogen (secondary N) is 1. The minimum atomic E-state index is -0.0963. The first-order valence-electron chi connectivity index (χ1n) is 6.60. The number of rotatable bonds is 8. The van der Waals surface area contributed by atoms with Gasteiger partial charge in [0.05, 0.1) is 12.6 Å². The first-order chi connectivity index (χ1) is 8.76. The second-order valence-electron chi connectivity index (χ2n) is 4.43. The van der Waals surface area contributed by atoms with Crippen molar-refractivity contribution >= 4 is 5.91 Å². The number of aliphatic hydroxyl groups is 1. The maximum Gasteiger partial charge on any atom is 0.220 e. The van der Waals surface area contributed by atoms with Gasteiger partial charge in [-0.2, -0.15) is 0 Å². The monoisotopic (exact) mass is 251 g/mol. The fourth-order valence-corrected chi connectivity index (χ4v) is 1.74. The standard InChI is InChI=1S/C14H22N2O2/c1-2-13(12-17)15-14(18)8-4-7-11-16-9-5-3-6-10-16/h3,5-6,9-10,13,17H,2,4,7-8,11-12H2,1H3/p+1. The summed E-state index contributed by atoms with van der Waals surface area (Å²) >= 11 is 0. The lowest BCUT2D eigenvalue weighted by Crippen LogP contribution is -2.37. The molecule has 0 spiro atoms. The molecule has 1 heterocycles. The summed E-state index contributed by atoms with van der Waals surface area (Å²) in [6.45, 7) is 2.90. The molecule has 4 heteroatoms. The van der Waals surface area contributed by atoms with Crippen LogP contribution in [0.2, 0.25) is 0 Å². The number of unbranched alkanes of at least 4 members (excludes halogenated alkanes) is 1. The molecule has 0 aromatic carbocycles. The lowest BCUT2D eigenvalue weighted by molar-refractivity contribution is -0.697. The van der Waals surface area contributed by atoms with E-state index in [4.69, 9.17) is 5.11 Å². The number of pyridine rings is 1. The van der Waals surface area contributed by atoms with Gasteiger partial charge in [-0.15, -0.1) is 0 Å². The second-order valence-corrected chi connectivity index (χ2v) is 4.43. The van der Waals surface area contributed by atoms with E-state index in [1.807, 2.05) is 37.5 Å². The van der Waals surface area contributed by atoms with Gasteiger partial charge < -0.3 is 10.4 Å². The van der Waals surface area contributed by atoms with Crippen LogP contribution >= 0.6 is 0 Å². The Labute approximate surface area is 109 Å². The van der Waals surface area contributed by atoms with Crippen molar-refractivity contribution in [3.63, 3.8) is 0 Å². The van der Waals surface area contributed by atoms with E-state index in [0.29, 0.717) is 6.42 Å². The molecule has 0 saturated heterocycles. The van der Waals surface area contributed by atoms with Crippen molar-refractivity contribution in [2.24, 2.45) is 0 Å². The molecule has 4 nitrogen and oxygen atoms in total. The maximum atomic E-state index is 11.6. The quantitative estimate of drug-likeness (QED) is 0.535. The maximum absolute atomic E-state index is 11.6. The third kappa shape index (κ3) is 5.77. The highest BCUT2D eigenvalue weighted by Gasteiger charge is 2.08. The van der Waals surface area contributed by atoms with Gasteiger partial charge in [-0.25, -0.2) is 4.57 Å². The zero-order chi connectivity index (χ0) is 13.2. The van der Waals surface area contributed by atoms with Crippen LogP contribution in [-0.2, 0) is 11.3 Å². The molecule has 0 radical (unpaired) electrons. The molecule has 0 aliphatic heterocycles. The van der Waals surface area contributed by atoms with E-state index >= 15 is 0 Å². The van der Waals surface area contributed by atoms with E-state index in [9.17, 15) is 4.79 Å². The van der Waals surface area contributed by atoms with Crippen molar-refractivity contribution in [3.05, 3.63) is 30.6 Å². The molecule has 0 fully saturated rings. The number of aryl methyl sites for hydroxylation is 1. The van der Waals surface area contributed by atoms with Crippen LogP contribution in [0.3, 0.4) is 0 Å². The molecule has 0 bridgehead atoms. The Morgan fingerprint density at radius 3 is 2.61 bits per heavy atom. The highest BCUT2D eigenvalue weighted by atomic mass is 16.3. The van der Waals surface area contributed by atoms with Crippen molar-refractivity contribution in [3.8, 4) is 0 Å². The highest BCUT2D eigenvalue weighted by molar-refractivity contribution is 5.76. The molecule has 1 rings (SSSR count). The summed E-state index contributed by atoms with van der Waals surface area (Å²) in [5.74, 6) is 0.0361. The number of aliphatic hydroxyl groups excluding tert-OH is 1. The Morgan fingerprint density at radius 1 is 1.28 bits per heavy atom. The van der Waals surface area contributed by atoms with Crippen LogP contribution in [0.1, 0.15) is 32.6 Å². The van der Waals surface area contributed by atoms with Crippen LogP contribution in [0.4, 0.5) is 0 Å². The van der Waals surface area contributed by atoms with Crippen LogP contribution in [0.15, 0.2) is 30.6 Å². The molecule has 1 unspecified atom stereocenters. The van der Waals surface area contributed by atoms with Crippen LogP contribution in [0.25, 0.3) is 0 Å². The molecule has 0 aliphatic carbocycles. The molecule has 0 aliphatic rings. The third-order valence-corrected chi connectivity index (χ3v) is 2.93. The predicted octanol–water partition coefficient (Wildman–Crippen LogP) is 1.03. The summed E-state index contributed by atoms with van der Waals surface area (Å²) in [4.78, 5) is 11.6. The molecule has 1 aromatic heterocycles. The summed E-state index contributed by atoms with van der Waals surface area (Å²) in [6.07, 6.45) is 7.21. The third-order valence-electron chi connectivity index (χ3n) is 2.93. The van der Waals surface area contributed by atoms with Crippen molar-refractivity contribution in [1.82, 2.24) is 5.32 Å². The average Bonchev–Trinajstić information content (AvgIpc) is 2.42. The normalized spacial score (nSPS) is 12.1. The van der Waals surface area contributed by atoms with Crippen molar-refractivity contribution in [1.29, 1.82) is 0 Å². The molecule has 1 aromatic rings. The number of nitrogens with zero attached hydrogens (tertiary/aromatic N) is 1. The highest BCUT2D eigenvalue weighted by Crippen LogP contribution is 1.97. The molecule has 1 amide bonds. The van der Waals surface area contributed by atoms with Crippen LogP contribution in [0.5, 0.6) is 0 Å². The van der Waals surface area contributed by atoms with Gasteiger partial charge in [0, 0.05) is 25.0 Å². The van der Waals surface area contributed by atoms with Gasteiger partial charge in [0.1, 0.15) is 6.54 Å². The van der Waals surface area contributed by atoms with Gasteiger partial charge in [0.25, 0.3) is 0 Å². The van der Waals surface area contributed by atoms with E-state index in [-0.39, 0.29) is 18.6 Å². The zero-order valence-corrected chi connectivity index (χ0v) is 11.0. The van der Waals surface area contributed by atoms with Crippen molar-refractivity contribution < 1.29 is 14.5 Å². The number of amides is 1. The van der Waals surface area contributed by atoms with Crippen LogP contribution in [0, 0.1) is 0 Å². The molecular weight excluding hydrogens is 228 g/mol. The Balaban J connectivity index is 2.12. The predicted molar refractivity (Wildman–Crippen MR) is 69.8 cm³/mol. The van der Waals surface area contributed by atoms with E-state index in [1.54, 1.807) is 0 Å². The Hall–Kier alpha value is -1.42. The van der Waals surface area contributed by atoms with E-state index < -0.39 is 0 Å². The van der Waals surface area contributed by atoms with Crippen molar-refractivity contribution in [2.75, 3.05) is 6.61 Å². The van der Waals surface area contributed by atoms with E-state index in [2.05, 4.69) is 9.88 Å². The number of aromatic nitrogens is 1. The smallest absolute Gasteiger partial charge is 0.220 e. The van der Waals surface area contributed by atoms with Crippen LogP contribution < -0.4 is 9.88 Å². The topological polar surface area (TPSA) is 53.2 Å². The summed E-state index contributed by atoms with van der Waals surface area (Å²) in [7, 11) is 0. The second kappa shape index (κ2) is 8.64. The molecule has 18 heavy (non-hydrogen) atoms. The molecule has 100 valence electrons. The zero-order valence-electron chi connectivity index (χ0n) is 11.0. The van der Waals surface area contributed by atoms with Gasteiger partial charge in [-0.1, -0.05) is 13.0 Å². The van der Waals surface area contributed by atoms with Gasteiger partial charge in [0.2, 0.25) is 5.91 Å². The van der Waals surface area contributed by atoms with Gasteiger partial charge in [-0.3, -0.25) is 4.79 Å². The summed E-state index contributed by atoms with van der Waals surface area (Å²) in [6, 6.07) is 5.89. The molecule has 2 N–H and O–H groups in total. The number of hydrogen-bond acceptors (Lipinski definition) is 2. The Kier molecular flexibility index (Phi) is 7.03. The largest absolute Gasteiger partial charge is 0.394 e. The van der Waals surface area contributed by atoms with Gasteiger partial charge in [0.15, 0.2) is 12.4 Å². The SMILES string of the molecule is CCC(CO)NC(=O)CCCC[n+]1ccccc1. The molecular formula is C14H23N2O2+. The molecule has 0 saturated carbocycles. The molecule has 1 atom stereocenters. The number of hydrogen-bond donors (Lipinski definition) is 2. The lowest BCUT2D eigenvalue weighted by atomic mass is 10.2. The first-order valence-corrected chi connectivity index (χ1v) is 6.60. The summed E-state index contributed by atoms with van der Waals surface area (Å²) in [5.41, 5.74) is 0. The number of carbonyl (C=O) groups is 1. The van der Waals surface area contributed by atoms with Crippen LogP contribution in [-0.4, -0.2) is 23.7 Å². The Bertz CT molecular complexity index is 337. The minimum absolute atomic E-state index is 0.0160. The number of carbonyl (C=O) groups excluding carboxylic acids is 1. The summed E-state index contributed by atoms with van der Waals surface area (Å²) < 4.78 is 2.11. The fraction of sp³-hybridized carbons (Fsp3) is 0.571. The van der Waals surface area contributed by atoms with Gasteiger partial charge >= 0.3 is 0 Å². The first kappa shape index (κ1) is 14.6. The lowest BCUT2D eigenvalue weighted by Gasteiger charge is -2.13. The average molecular weight is 251 g/mol. The summed E-state index contributed by atoms with van der Waals surface area (Å²) in [5, 5.41) is 11.8. The Morgan fingerprint density at radius 2 is 2.00 bits per heavy atom.